The second kappa shape index (κ2) is 8.96. The van der Waals surface area contributed by atoms with E-state index in [1.54, 1.807) is 0 Å². The van der Waals surface area contributed by atoms with Crippen molar-refractivity contribution in [2.24, 2.45) is 0 Å². The quantitative estimate of drug-likeness (QED) is 0.788. The Labute approximate surface area is 164 Å². The first-order valence-electron chi connectivity index (χ1n) is 8.92. The fraction of sp³-hybridized carbons (Fsp3) is 0.400. The summed E-state index contributed by atoms with van der Waals surface area (Å²) < 4.78 is 5.70. The van der Waals surface area contributed by atoms with Gasteiger partial charge in [0, 0.05) is 15.7 Å². The number of hydrogen-bond donors (Lipinski definition) is 2. The van der Waals surface area contributed by atoms with Crippen LogP contribution in [0.15, 0.2) is 42.5 Å². The number of aliphatic hydroxyl groups excluding tert-OH is 1. The van der Waals surface area contributed by atoms with E-state index < -0.39 is 6.10 Å². The molecule has 1 saturated heterocycles. The van der Waals surface area contributed by atoms with Gasteiger partial charge in [-0.3, -0.25) is 0 Å². The topological polar surface area (TPSA) is 37.1 Å². The zero-order valence-corrected chi connectivity index (χ0v) is 16.4. The van der Waals surface area contributed by atoms with Crippen molar-refractivity contribution in [1.29, 1.82) is 0 Å². The molecule has 0 bridgehead atoms. The molecule has 3 rings (SSSR count). The maximum Gasteiger partial charge on any atom is 0.137 e. The van der Waals surface area contributed by atoms with Gasteiger partial charge in [0.2, 0.25) is 0 Å². The minimum absolute atomic E-state index is 0.294. The van der Waals surface area contributed by atoms with Crippen LogP contribution in [0.5, 0.6) is 5.75 Å². The zero-order chi connectivity index (χ0) is 18.5. The summed E-state index contributed by atoms with van der Waals surface area (Å²) in [4.78, 5) is 3.74. The molecule has 4 nitrogen and oxygen atoms in total. The van der Waals surface area contributed by atoms with Crippen molar-refractivity contribution in [2.75, 3.05) is 44.2 Å². The predicted molar refractivity (Wildman–Crippen MR) is 107 cm³/mol. The molecular formula is C20H25Cl2N2O2+. The Balaban J connectivity index is 1.43. The summed E-state index contributed by atoms with van der Waals surface area (Å²) in [5.74, 6) is 0.742. The standard InChI is InChI=1S/C20H24Cl2N2O2/c1-15-11-19(5-6-20(15)22)26-14-18(25)13-23-7-9-24(10-8-23)17-4-2-3-16(21)12-17/h2-6,11-12,18,25H,7-10,13-14H2,1H3/p+1/t18-/m0/s1. The molecule has 0 amide bonds. The van der Waals surface area contributed by atoms with E-state index in [1.165, 1.54) is 10.6 Å². The Morgan fingerprint density at radius 1 is 1.15 bits per heavy atom. The lowest BCUT2D eigenvalue weighted by atomic mass is 10.2. The first-order chi connectivity index (χ1) is 12.5. The van der Waals surface area contributed by atoms with Gasteiger partial charge in [-0.05, 0) is 48.9 Å². The van der Waals surface area contributed by atoms with Crippen molar-refractivity contribution in [2.45, 2.75) is 13.0 Å². The van der Waals surface area contributed by atoms with E-state index in [4.69, 9.17) is 27.9 Å². The van der Waals surface area contributed by atoms with Gasteiger partial charge in [0.05, 0.1) is 26.2 Å². The molecule has 0 saturated carbocycles. The van der Waals surface area contributed by atoms with Crippen LogP contribution in [-0.2, 0) is 0 Å². The SMILES string of the molecule is Cc1cc(OC[C@@H](O)C[NH+]2CCN(c3cccc(Cl)c3)CC2)ccc1Cl. The fourth-order valence-electron chi connectivity index (χ4n) is 3.25. The summed E-state index contributed by atoms with van der Waals surface area (Å²) in [7, 11) is 0. The molecule has 1 heterocycles. The summed E-state index contributed by atoms with van der Waals surface area (Å²) in [5.41, 5.74) is 2.14. The molecule has 2 N–H and O–H groups in total. The van der Waals surface area contributed by atoms with Gasteiger partial charge in [-0.1, -0.05) is 29.3 Å². The number of halogens is 2. The number of benzene rings is 2. The smallest absolute Gasteiger partial charge is 0.137 e. The summed E-state index contributed by atoms with van der Waals surface area (Å²) in [6.07, 6.45) is -0.487. The van der Waals surface area contributed by atoms with Crippen LogP contribution in [0.1, 0.15) is 5.56 Å². The first-order valence-corrected chi connectivity index (χ1v) is 9.68. The lowest BCUT2D eigenvalue weighted by Crippen LogP contribution is -3.16. The highest BCUT2D eigenvalue weighted by Crippen LogP contribution is 2.21. The lowest BCUT2D eigenvalue weighted by molar-refractivity contribution is -0.903. The van der Waals surface area contributed by atoms with Crippen molar-refractivity contribution >= 4 is 28.9 Å². The van der Waals surface area contributed by atoms with Crippen molar-refractivity contribution in [3.8, 4) is 5.75 Å². The molecule has 0 radical (unpaired) electrons. The molecule has 1 atom stereocenters. The number of quaternary nitrogens is 1. The first kappa shape index (κ1) is 19.3. The highest BCUT2D eigenvalue weighted by atomic mass is 35.5. The van der Waals surface area contributed by atoms with Crippen LogP contribution in [0, 0.1) is 6.92 Å². The minimum Gasteiger partial charge on any atom is -0.491 e. The second-order valence-corrected chi connectivity index (χ2v) is 7.64. The molecule has 140 valence electrons. The number of nitrogens with one attached hydrogen (secondary N) is 1. The largest absolute Gasteiger partial charge is 0.491 e. The Morgan fingerprint density at radius 3 is 2.62 bits per heavy atom. The molecular weight excluding hydrogens is 371 g/mol. The monoisotopic (exact) mass is 395 g/mol. The molecule has 1 aliphatic rings. The number of piperazine rings is 1. The highest BCUT2D eigenvalue weighted by Gasteiger charge is 2.23. The van der Waals surface area contributed by atoms with Crippen molar-refractivity contribution < 1.29 is 14.7 Å². The average molecular weight is 396 g/mol. The summed E-state index contributed by atoms with van der Waals surface area (Å²) >= 11 is 12.1. The molecule has 2 aromatic rings. The van der Waals surface area contributed by atoms with Crippen LogP contribution in [0.4, 0.5) is 5.69 Å². The molecule has 0 spiro atoms. The second-order valence-electron chi connectivity index (χ2n) is 6.80. The van der Waals surface area contributed by atoms with Crippen LogP contribution >= 0.6 is 23.2 Å². The molecule has 6 heteroatoms. The van der Waals surface area contributed by atoms with Crippen LogP contribution in [0.2, 0.25) is 10.0 Å². The number of aliphatic hydroxyl groups is 1. The number of rotatable bonds is 6. The van der Waals surface area contributed by atoms with Gasteiger partial charge in [0.1, 0.15) is 25.0 Å². The molecule has 1 fully saturated rings. The Hall–Kier alpha value is -1.46. The molecule has 0 aromatic heterocycles. The summed E-state index contributed by atoms with van der Waals surface area (Å²) in [6.45, 7) is 6.82. The van der Waals surface area contributed by atoms with Crippen molar-refractivity contribution in [3.63, 3.8) is 0 Å². The van der Waals surface area contributed by atoms with Crippen LogP contribution in [-0.4, -0.2) is 50.5 Å². The predicted octanol–water partition coefficient (Wildman–Crippen LogP) is 2.45. The average Bonchev–Trinajstić information content (AvgIpc) is 2.63. The van der Waals surface area contributed by atoms with Crippen LogP contribution < -0.4 is 14.5 Å². The van der Waals surface area contributed by atoms with Crippen molar-refractivity contribution in [1.82, 2.24) is 0 Å². The van der Waals surface area contributed by atoms with E-state index in [0.717, 1.165) is 47.5 Å². The Bertz CT molecular complexity index is 734. The minimum atomic E-state index is -0.487. The lowest BCUT2D eigenvalue weighted by Gasteiger charge is -2.34. The number of nitrogens with zero attached hydrogens (tertiary/aromatic N) is 1. The fourth-order valence-corrected chi connectivity index (χ4v) is 3.55. The highest BCUT2D eigenvalue weighted by molar-refractivity contribution is 6.31. The molecule has 26 heavy (non-hydrogen) atoms. The van der Waals surface area contributed by atoms with E-state index >= 15 is 0 Å². The molecule has 0 aliphatic carbocycles. The van der Waals surface area contributed by atoms with Gasteiger partial charge in [0.15, 0.2) is 0 Å². The van der Waals surface area contributed by atoms with Crippen molar-refractivity contribution in [3.05, 3.63) is 58.1 Å². The van der Waals surface area contributed by atoms with Gasteiger partial charge >= 0.3 is 0 Å². The Kier molecular flexibility index (Phi) is 6.65. The maximum atomic E-state index is 10.3. The summed E-state index contributed by atoms with van der Waals surface area (Å²) in [5, 5.41) is 11.8. The summed E-state index contributed by atoms with van der Waals surface area (Å²) in [6, 6.07) is 13.5. The van der Waals surface area contributed by atoms with Gasteiger partial charge in [-0.25, -0.2) is 0 Å². The van der Waals surface area contributed by atoms with Crippen LogP contribution in [0.3, 0.4) is 0 Å². The Morgan fingerprint density at radius 2 is 1.92 bits per heavy atom. The van der Waals surface area contributed by atoms with Gasteiger partial charge in [0.25, 0.3) is 0 Å². The van der Waals surface area contributed by atoms with Gasteiger partial charge in [-0.2, -0.15) is 0 Å². The third kappa shape index (κ3) is 5.27. The van der Waals surface area contributed by atoms with E-state index in [9.17, 15) is 5.11 Å². The number of aryl methyl sites for hydroxylation is 1. The third-order valence-corrected chi connectivity index (χ3v) is 5.40. The number of ether oxygens (including phenoxy) is 1. The van der Waals surface area contributed by atoms with Gasteiger partial charge < -0.3 is 19.6 Å². The number of anilines is 1. The molecule has 0 unspecified atom stereocenters. The van der Waals surface area contributed by atoms with Crippen LogP contribution in [0.25, 0.3) is 0 Å². The zero-order valence-electron chi connectivity index (χ0n) is 14.9. The van der Waals surface area contributed by atoms with E-state index in [-0.39, 0.29) is 0 Å². The maximum absolute atomic E-state index is 10.3. The van der Waals surface area contributed by atoms with Gasteiger partial charge in [-0.15, -0.1) is 0 Å². The third-order valence-electron chi connectivity index (χ3n) is 4.74. The van der Waals surface area contributed by atoms with E-state index in [2.05, 4.69) is 11.0 Å². The number of hydrogen-bond acceptors (Lipinski definition) is 3. The molecule has 1 aliphatic heterocycles. The normalized spacial score (nSPS) is 16.5. The van der Waals surface area contributed by atoms with E-state index in [0.29, 0.717) is 13.2 Å². The molecule has 2 aromatic carbocycles. The van der Waals surface area contributed by atoms with E-state index in [1.807, 2.05) is 43.3 Å².